The number of allylic oxidation sites excluding steroid dienone is 1. The Balaban J connectivity index is 2.41. The second kappa shape index (κ2) is 6.86. The number of rotatable bonds is 5. The Kier molecular flexibility index (Phi) is 5.71. The van der Waals surface area contributed by atoms with Crippen LogP contribution in [0, 0.1) is 6.92 Å². The maximum Gasteiger partial charge on any atom is 0.228 e. The second-order valence-corrected chi connectivity index (χ2v) is 11.2. The normalized spacial score (nSPS) is 13.3. The van der Waals surface area contributed by atoms with Gasteiger partial charge in [-0.1, -0.05) is 38.5 Å². The van der Waals surface area contributed by atoms with Gasteiger partial charge >= 0.3 is 0 Å². The van der Waals surface area contributed by atoms with E-state index in [-0.39, 0.29) is 5.04 Å². The molecular weight excluding hydrogens is 264 g/mol. The van der Waals surface area contributed by atoms with Crippen molar-refractivity contribution in [3.63, 3.8) is 0 Å². The van der Waals surface area contributed by atoms with E-state index in [1.54, 1.807) is 12.4 Å². The minimum atomic E-state index is -1.74. The van der Waals surface area contributed by atoms with Gasteiger partial charge in [-0.3, -0.25) is 10.5 Å². The Morgan fingerprint density at radius 3 is 2.30 bits per heavy atom. The molecule has 0 aromatic heterocycles. The first kappa shape index (κ1) is 16.7. The number of nitrogens with zero attached hydrogens (tertiary/aromatic N) is 1. The van der Waals surface area contributed by atoms with Crippen LogP contribution < -0.4 is 5.48 Å². The number of hydroxylamine groups is 1. The molecule has 110 valence electrons. The predicted molar refractivity (Wildman–Crippen MR) is 89.9 cm³/mol. The van der Waals surface area contributed by atoms with Crippen molar-refractivity contribution in [2.75, 3.05) is 0 Å². The van der Waals surface area contributed by atoms with E-state index in [0.717, 1.165) is 5.69 Å². The van der Waals surface area contributed by atoms with Crippen LogP contribution in [0.4, 0.5) is 5.69 Å². The molecule has 4 heteroatoms. The monoisotopic (exact) mass is 290 g/mol. The summed E-state index contributed by atoms with van der Waals surface area (Å²) in [5.74, 6) is 0. The minimum absolute atomic E-state index is 0.198. The van der Waals surface area contributed by atoms with Gasteiger partial charge in [0.25, 0.3) is 0 Å². The zero-order valence-corrected chi connectivity index (χ0v) is 14.4. The highest BCUT2D eigenvalue weighted by molar-refractivity contribution is 6.74. The van der Waals surface area contributed by atoms with Crippen LogP contribution in [-0.2, 0) is 4.53 Å². The molecule has 0 heterocycles. The van der Waals surface area contributed by atoms with Gasteiger partial charge in [-0.15, -0.1) is 0 Å². The van der Waals surface area contributed by atoms with Crippen LogP contribution in [0.5, 0.6) is 0 Å². The van der Waals surface area contributed by atoms with E-state index in [1.165, 1.54) is 5.56 Å². The molecule has 0 unspecified atom stereocenters. The van der Waals surface area contributed by atoms with Crippen molar-refractivity contribution in [1.29, 1.82) is 0 Å². The average molecular weight is 290 g/mol. The summed E-state index contributed by atoms with van der Waals surface area (Å²) in [5.41, 5.74) is 5.11. The number of hydrogen-bond donors (Lipinski definition) is 1. The van der Waals surface area contributed by atoms with Gasteiger partial charge in [0.15, 0.2) is 0 Å². The second-order valence-electron chi connectivity index (χ2n) is 6.45. The topological polar surface area (TPSA) is 33.6 Å². The smallest absolute Gasteiger partial charge is 0.228 e. The number of aliphatic imine (C=N–C) groups is 1. The number of aryl methyl sites for hydroxylation is 1. The third-order valence-electron chi connectivity index (χ3n) is 3.63. The van der Waals surface area contributed by atoms with Gasteiger partial charge in [0.05, 0.1) is 5.69 Å². The van der Waals surface area contributed by atoms with Gasteiger partial charge in [-0.2, -0.15) is 0 Å². The van der Waals surface area contributed by atoms with Crippen molar-refractivity contribution in [3.05, 3.63) is 42.1 Å². The van der Waals surface area contributed by atoms with Crippen LogP contribution in [-0.4, -0.2) is 14.5 Å². The fraction of sp³-hybridized carbons (Fsp3) is 0.438. The molecule has 0 radical (unpaired) electrons. The molecule has 0 fully saturated rings. The van der Waals surface area contributed by atoms with E-state index in [9.17, 15) is 0 Å². The molecule has 0 amide bonds. The molecule has 0 saturated heterocycles. The first-order valence-corrected chi connectivity index (χ1v) is 9.83. The quantitative estimate of drug-likeness (QED) is 0.483. The van der Waals surface area contributed by atoms with Crippen LogP contribution in [0.2, 0.25) is 18.1 Å². The van der Waals surface area contributed by atoms with Gasteiger partial charge in [-0.25, -0.2) is 0 Å². The summed E-state index contributed by atoms with van der Waals surface area (Å²) in [5, 5.41) is 0.198. The van der Waals surface area contributed by atoms with Crippen LogP contribution in [0.15, 0.2) is 41.5 Å². The molecule has 20 heavy (non-hydrogen) atoms. The standard InChI is InChI=1S/C16H26N2OSi/c1-14-8-10-15(11-9-14)17-12-7-13-18-19-20(5,6)16(2,3)4/h7-13,18H,1-6H3/b13-7+,17-12?. The molecule has 3 nitrogen and oxygen atoms in total. The zero-order valence-electron chi connectivity index (χ0n) is 13.4. The Bertz CT molecular complexity index is 470. The molecule has 0 saturated carbocycles. The highest BCUT2D eigenvalue weighted by Gasteiger charge is 2.38. The molecule has 0 aliphatic heterocycles. The molecule has 0 aliphatic rings. The molecule has 1 aromatic carbocycles. The summed E-state index contributed by atoms with van der Waals surface area (Å²) in [6.45, 7) is 13.1. The Morgan fingerprint density at radius 1 is 1.15 bits per heavy atom. The Hall–Kier alpha value is -1.39. The SMILES string of the molecule is Cc1ccc(N=C/C=C/NO[Si](C)(C)C(C)(C)C)cc1. The van der Waals surface area contributed by atoms with E-state index in [1.807, 2.05) is 18.2 Å². The van der Waals surface area contributed by atoms with Gasteiger partial charge in [0, 0.05) is 12.4 Å². The summed E-state index contributed by atoms with van der Waals surface area (Å²) in [6.07, 6.45) is 5.37. The summed E-state index contributed by atoms with van der Waals surface area (Å²) < 4.78 is 5.80. The number of hydrogen-bond acceptors (Lipinski definition) is 3. The maximum atomic E-state index is 5.80. The average Bonchev–Trinajstić information content (AvgIpc) is 2.34. The van der Waals surface area contributed by atoms with E-state index in [2.05, 4.69) is 63.4 Å². The Labute approximate surface area is 123 Å². The zero-order chi connectivity index (χ0) is 15.2. The molecule has 1 rings (SSSR count). The first-order valence-electron chi connectivity index (χ1n) is 6.92. The number of benzene rings is 1. The third kappa shape index (κ3) is 5.31. The molecule has 1 aromatic rings. The van der Waals surface area contributed by atoms with Crippen molar-refractivity contribution in [1.82, 2.24) is 5.48 Å². The molecule has 1 N–H and O–H groups in total. The van der Waals surface area contributed by atoms with Crippen molar-refractivity contribution < 1.29 is 4.53 Å². The highest BCUT2D eigenvalue weighted by atomic mass is 28.4. The van der Waals surface area contributed by atoms with Gasteiger partial charge in [0.2, 0.25) is 8.32 Å². The summed E-state index contributed by atoms with van der Waals surface area (Å²) in [6, 6.07) is 8.10. The van der Waals surface area contributed by atoms with Crippen LogP contribution >= 0.6 is 0 Å². The van der Waals surface area contributed by atoms with Crippen molar-refractivity contribution in [3.8, 4) is 0 Å². The molecule has 0 bridgehead atoms. The maximum absolute atomic E-state index is 5.80. The van der Waals surface area contributed by atoms with Crippen molar-refractivity contribution >= 4 is 20.2 Å². The van der Waals surface area contributed by atoms with E-state index < -0.39 is 8.32 Å². The van der Waals surface area contributed by atoms with Crippen LogP contribution in [0.25, 0.3) is 0 Å². The Morgan fingerprint density at radius 2 is 1.75 bits per heavy atom. The van der Waals surface area contributed by atoms with Crippen LogP contribution in [0.1, 0.15) is 26.3 Å². The largest absolute Gasteiger partial charge is 0.322 e. The summed E-state index contributed by atoms with van der Waals surface area (Å²) >= 11 is 0. The predicted octanol–water partition coefficient (Wildman–Crippen LogP) is 4.74. The highest BCUT2D eigenvalue weighted by Crippen LogP contribution is 2.35. The summed E-state index contributed by atoms with van der Waals surface area (Å²) in [4.78, 5) is 4.33. The first-order chi connectivity index (χ1) is 9.22. The van der Waals surface area contributed by atoms with Crippen molar-refractivity contribution in [2.45, 2.75) is 45.8 Å². The third-order valence-corrected chi connectivity index (χ3v) is 7.87. The van der Waals surface area contributed by atoms with Crippen molar-refractivity contribution in [2.24, 2.45) is 4.99 Å². The summed E-state index contributed by atoms with van der Waals surface area (Å²) in [7, 11) is -1.74. The lowest BCUT2D eigenvalue weighted by Crippen LogP contribution is -2.43. The van der Waals surface area contributed by atoms with Gasteiger partial charge in [-0.05, 0) is 43.3 Å². The fourth-order valence-electron chi connectivity index (χ4n) is 1.18. The van der Waals surface area contributed by atoms with Gasteiger partial charge < -0.3 is 4.53 Å². The minimum Gasteiger partial charge on any atom is -0.322 e. The van der Waals surface area contributed by atoms with E-state index in [0.29, 0.717) is 0 Å². The van der Waals surface area contributed by atoms with Gasteiger partial charge in [0.1, 0.15) is 0 Å². The fourth-order valence-corrected chi connectivity index (χ4v) is 1.85. The van der Waals surface area contributed by atoms with E-state index in [4.69, 9.17) is 4.53 Å². The van der Waals surface area contributed by atoms with E-state index >= 15 is 0 Å². The lowest BCUT2D eigenvalue weighted by Gasteiger charge is -2.34. The molecule has 0 spiro atoms. The molecule has 0 atom stereocenters. The molecular formula is C16H26N2OSi. The molecule has 0 aliphatic carbocycles. The lowest BCUT2D eigenvalue weighted by molar-refractivity contribution is 0.217. The lowest BCUT2D eigenvalue weighted by atomic mass is 10.2. The number of nitrogens with one attached hydrogen (secondary N) is 1. The van der Waals surface area contributed by atoms with Crippen LogP contribution in [0.3, 0.4) is 0 Å².